The van der Waals surface area contributed by atoms with Crippen molar-refractivity contribution in [2.45, 2.75) is 19.6 Å². The van der Waals surface area contributed by atoms with E-state index in [1.807, 2.05) is 30.3 Å². The number of carbonyl (C=O) groups is 1. The van der Waals surface area contributed by atoms with Crippen molar-refractivity contribution in [3.63, 3.8) is 0 Å². The molecule has 0 amide bonds. The summed E-state index contributed by atoms with van der Waals surface area (Å²) in [7, 11) is -2.49. The zero-order valence-electron chi connectivity index (χ0n) is 15.4. The predicted molar refractivity (Wildman–Crippen MR) is 99.1 cm³/mol. The van der Waals surface area contributed by atoms with Crippen molar-refractivity contribution in [3.8, 4) is 11.5 Å². The molecule has 146 valence electrons. The first-order chi connectivity index (χ1) is 12.9. The molecule has 0 spiro atoms. The molecule has 0 saturated heterocycles. The summed E-state index contributed by atoms with van der Waals surface area (Å²) in [6.07, 6.45) is -0.634. The number of esters is 1. The summed E-state index contributed by atoms with van der Waals surface area (Å²) < 4.78 is 44.5. The molecule has 2 aromatic carbocycles. The van der Waals surface area contributed by atoms with Crippen LogP contribution in [0.25, 0.3) is 0 Å². The lowest BCUT2D eigenvalue weighted by Gasteiger charge is -2.20. The summed E-state index contributed by atoms with van der Waals surface area (Å²) in [6.45, 7) is 1.89. The molecule has 0 N–H and O–H groups in total. The molecule has 2 rings (SSSR count). The first-order valence-electron chi connectivity index (χ1n) is 8.24. The molecule has 27 heavy (non-hydrogen) atoms. The molecule has 0 aliphatic heterocycles. The van der Waals surface area contributed by atoms with Crippen LogP contribution in [0.3, 0.4) is 0 Å². The van der Waals surface area contributed by atoms with Crippen LogP contribution in [-0.2, 0) is 30.4 Å². The highest BCUT2D eigenvalue weighted by Gasteiger charge is 2.31. The molecule has 0 aliphatic rings. The van der Waals surface area contributed by atoms with E-state index in [1.54, 1.807) is 19.1 Å². The smallest absolute Gasteiger partial charge is 0.341 e. The first kappa shape index (κ1) is 20.7. The van der Waals surface area contributed by atoms with Gasteiger partial charge in [-0.15, -0.1) is 0 Å². The number of benzene rings is 2. The van der Waals surface area contributed by atoms with Gasteiger partial charge in [0.2, 0.25) is 6.10 Å². The van der Waals surface area contributed by atoms with Gasteiger partial charge in [-0.05, 0) is 18.6 Å². The molecule has 0 aliphatic carbocycles. The van der Waals surface area contributed by atoms with E-state index >= 15 is 0 Å². The zero-order chi connectivity index (χ0) is 19.9. The minimum absolute atomic E-state index is 0.0760. The topological polar surface area (TPSA) is 88.1 Å². The van der Waals surface area contributed by atoms with Gasteiger partial charge in [0, 0.05) is 5.56 Å². The summed E-state index contributed by atoms with van der Waals surface area (Å²) in [5, 5.41) is 0. The summed E-state index contributed by atoms with van der Waals surface area (Å²) in [4.78, 5) is 12.3. The molecule has 1 atom stereocenters. The average molecular weight is 394 g/mol. The van der Waals surface area contributed by atoms with Gasteiger partial charge >= 0.3 is 5.97 Å². The SMILES string of the molecule is CCOC(=O)C(OS(C)(=O)=O)c1cccc(OC)c1OCc1ccccc1. The maximum Gasteiger partial charge on any atom is 0.341 e. The fourth-order valence-electron chi connectivity index (χ4n) is 2.40. The Morgan fingerprint density at radius 1 is 1.07 bits per heavy atom. The highest BCUT2D eigenvalue weighted by Crippen LogP contribution is 2.38. The van der Waals surface area contributed by atoms with Gasteiger partial charge in [0.05, 0.1) is 20.0 Å². The number of hydrogen-bond donors (Lipinski definition) is 0. The number of hydrogen-bond acceptors (Lipinski definition) is 7. The summed E-state index contributed by atoms with van der Waals surface area (Å²) in [5.41, 5.74) is 1.10. The first-order valence-corrected chi connectivity index (χ1v) is 10.1. The van der Waals surface area contributed by atoms with Gasteiger partial charge in [-0.2, -0.15) is 8.42 Å². The number of methoxy groups -OCH3 is 1. The van der Waals surface area contributed by atoms with Crippen molar-refractivity contribution in [2.75, 3.05) is 20.0 Å². The second-order valence-corrected chi connectivity index (χ2v) is 7.19. The Morgan fingerprint density at radius 2 is 1.78 bits per heavy atom. The van der Waals surface area contributed by atoms with E-state index < -0.39 is 22.2 Å². The fraction of sp³-hybridized carbons (Fsp3) is 0.316. The van der Waals surface area contributed by atoms with Crippen LogP contribution in [0.4, 0.5) is 0 Å². The van der Waals surface area contributed by atoms with Gasteiger partial charge < -0.3 is 14.2 Å². The Labute approximate surface area is 158 Å². The summed E-state index contributed by atoms with van der Waals surface area (Å²) >= 11 is 0. The molecule has 8 heteroatoms. The molecule has 0 radical (unpaired) electrons. The lowest BCUT2D eigenvalue weighted by molar-refractivity contribution is -0.151. The van der Waals surface area contributed by atoms with Crippen LogP contribution >= 0.6 is 0 Å². The number of ether oxygens (including phenoxy) is 3. The van der Waals surface area contributed by atoms with Gasteiger partial charge in [0.15, 0.2) is 11.5 Å². The van der Waals surface area contributed by atoms with E-state index in [0.29, 0.717) is 5.75 Å². The van der Waals surface area contributed by atoms with E-state index in [4.69, 9.17) is 18.4 Å². The summed E-state index contributed by atoms with van der Waals surface area (Å²) in [6, 6.07) is 14.2. The van der Waals surface area contributed by atoms with Crippen LogP contribution in [0.1, 0.15) is 24.2 Å². The van der Waals surface area contributed by atoms with Crippen molar-refractivity contribution >= 4 is 16.1 Å². The Hall–Kier alpha value is -2.58. The van der Waals surface area contributed by atoms with Crippen molar-refractivity contribution < 1.29 is 31.6 Å². The number of rotatable bonds is 9. The maximum atomic E-state index is 12.3. The van der Waals surface area contributed by atoms with Crippen molar-refractivity contribution in [3.05, 3.63) is 59.7 Å². The van der Waals surface area contributed by atoms with E-state index in [0.717, 1.165) is 11.8 Å². The van der Waals surface area contributed by atoms with Crippen LogP contribution in [-0.4, -0.2) is 34.4 Å². The van der Waals surface area contributed by atoms with E-state index in [2.05, 4.69) is 0 Å². The Morgan fingerprint density at radius 3 is 2.37 bits per heavy atom. The largest absolute Gasteiger partial charge is 0.493 e. The molecule has 2 aromatic rings. The molecule has 7 nitrogen and oxygen atoms in total. The third-order valence-electron chi connectivity index (χ3n) is 3.51. The molecule has 1 unspecified atom stereocenters. The van der Waals surface area contributed by atoms with E-state index in [1.165, 1.54) is 13.2 Å². The minimum atomic E-state index is -3.94. The van der Waals surface area contributed by atoms with Crippen LogP contribution in [0, 0.1) is 0 Å². The lowest BCUT2D eigenvalue weighted by Crippen LogP contribution is -2.22. The fourth-order valence-corrected chi connectivity index (χ4v) is 2.93. The standard InChI is InChI=1S/C19H22O7S/c1-4-24-19(20)18(26-27(3,21)22)15-11-8-12-16(23-2)17(15)25-13-14-9-6-5-7-10-14/h5-12,18H,4,13H2,1-3H3. The van der Waals surface area contributed by atoms with E-state index in [-0.39, 0.29) is 24.5 Å². The molecule has 0 fully saturated rings. The van der Waals surface area contributed by atoms with Crippen LogP contribution in [0.2, 0.25) is 0 Å². The monoisotopic (exact) mass is 394 g/mol. The molecular weight excluding hydrogens is 372 g/mol. The van der Waals surface area contributed by atoms with Gasteiger partial charge in [-0.25, -0.2) is 8.98 Å². The number of carbonyl (C=O) groups excluding carboxylic acids is 1. The normalized spacial score (nSPS) is 12.3. The molecular formula is C19H22O7S. The maximum absolute atomic E-state index is 12.3. The molecule has 0 aromatic heterocycles. The van der Waals surface area contributed by atoms with Crippen molar-refractivity contribution in [2.24, 2.45) is 0 Å². The predicted octanol–water partition coefficient (Wildman–Crippen LogP) is 2.85. The second kappa shape index (κ2) is 9.38. The quantitative estimate of drug-likeness (QED) is 0.477. The molecule has 0 heterocycles. The van der Waals surface area contributed by atoms with Gasteiger partial charge in [-0.3, -0.25) is 0 Å². The lowest BCUT2D eigenvalue weighted by atomic mass is 10.1. The summed E-state index contributed by atoms with van der Waals surface area (Å²) in [5.74, 6) is -0.277. The number of para-hydroxylation sites is 1. The van der Waals surface area contributed by atoms with Crippen LogP contribution in [0.5, 0.6) is 11.5 Å². The van der Waals surface area contributed by atoms with E-state index in [9.17, 15) is 13.2 Å². The van der Waals surface area contributed by atoms with Gasteiger partial charge in [0.25, 0.3) is 10.1 Å². The zero-order valence-corrected chi connectivity index (χ0v) is 16.2. The minimum Gasteiger partial charge on any atom is -0.493 e. The van der Waals surface area contributed by atoms with Crippen LogP contribution < -0.4 is 9.47 Å². The van der Waals surface area contributed by atoms with Gasteiger partial charge in [0.1, 0.15) is 6.61 Å². The molecule has 0 saturated carbocycles. The van der Waals surface area contributed by atoms with Crippen LogP contribution in [0.15, 0.2) is 48.5 Å². The third-order valence-corrected chi connectivity index (χ3v) is 4.05. The highest BCUT2D eigenvalue weighted by atomic mass is 32.2. The molecule has 0 bridgehead atoms. The second-order valence-electron chi connectivity index (χ2n) is 5.59. The average Bonchev–Trinajstić information content (AvgIpc) is 2.64. The van der Waals surface area contributed by atoms with Gasteiger partial charge in [-0.1, -0.05) is 42.5 Å². The Bertz CT molecular complexity index is 863. The Balaban J connectivity index is 2.43. The van der Waals surface area contributed by atoms with Crippen molar-refractivity contribution in [1.82, 2.24) is 0 Å². The Kier molecular flexibility index (Phi) is 7.20. The highest BCUT2D eigenvalue weighted by molar-refractivity contribution is 7.86. The third kappa shape index (κ3) is 5.97. The van der Waals surface area contributed by atoms with Crippen molar-refractivity contribution in [1.29, 1.82) is 0 Å².